The van der Waals surface area contributed by atoms with E-state index in [4.69, 9.17) is 5.11 Å². The summed E-state index contributed by atoms with van der Waals surface area (Å²) in [5, 5.41) is 22.1. The Labute approximate surface area is 125 Å². The van der Waals surface area contributed by atoms with Crippen molar-refractivity contribution < 1.29 is 19.6 Å². The number of aromatic nitrogens is 1. The maximum atomic E-state index is 11.9. The molecule has 0 aliphatic heterocycles. The number of pyridine rings is 1. The fraction of sp³-hybridized carbons (Fsp3) is 0.462. The van der Waals surface area contributed by atoms with Crippen LogP contribution in [-0.2, 0) is 16.1 Å². The molecule has 0 unspecified atom stereocenters. The molecule has 9 nitrogen and oxygen atoms in total. The van der Waals surface area contributed by atoms with Crippen molar-refractivity contribution in [2.75, 3.05) is 0 Å². The highest BCUT2D eigenvalue weighted by Crippen LogP contribution is 2.09. The van der Waals surface area contributed by atoms with Crippen LogP contribution in [0.25, 0.3) is 0 Å². The van der Waals surface area contributed by atoms with Crippen LogP contribution < -0.4 is 10.9 Å². The van der Waals surface area contributed by atoms with Gasteiger partial charge in [-0.15, -0.1) is 0 Å². The van der Waals surface area contributed by atoms with Crippen molar-refractivity contribution in [3.63, 3.8) is 0 Å². The second kappa shape index (κ2) is 7.34. The SMILES string of the molecule is CC[C@H](C)[C@H](NC(=O)Cn1cc([N+](=O)[O-])ccc1=O)C(=O)O. The molecule has 1 aromatic heterocycles. The third-order valence-electron chi connectivity index (χ3n) is 3.29. The van der Waals surface area contributed by atoms with Crippen molar-refractivity contribution in [2.45, 2.75) is 32.9 Å². The summed E-state index contributed by atoms with van der Waals surface area (Å²) < 4.78 is 0.864. The summed E-state index contributed by atoms with van der Waals surface area (Å²) in [5.74, 6) is -2.16. The summed E-state index contributed by atoms with van der Waals surface area (Å²) in [4.78, 5) is 44.6. The van der Waals surface area contributed by atoms with E-state index >= 15 is 0 Å². The molecule has 1 amide bonds. The molecule has 0 radical (unpaired) electrons. The Morgan fingerprint density at radius 2 is 2.09 bits per heavy atom. The molecule has 0 bridgehead atoms. The number of nitrogens with zero attached hydrogens (tertiary/aromatic N) is 2. The molecule has 0 aliphatic rings. The van der Waals surface area contributed by atoms with Gasteiger partial charge in [0.2, 0.25) is 5.91 Å². The van der Waals surface area contributed by atoms with Crippen molar-refractivity contribution in [2.24, 2.45) is 5.92 Å². The van der Waals surface area contributed by atoms with Gasteiger partial charge in [0.15, 0.2) is 0 Å². The molecule has 9 heteroatoms. The maximum absolute atomic E-state index is 11.9. The van der Waals surface area contributed by atoms with Crippen LogP contribution in [0.15, 0.2) is 23.1 Å². The lowest BCUT2D eigenvalue weighted by Gasteiger charge is -2.20. The van der Waals surface area contributed by atoms with Crippen LogP contribution in [-0.4, -0.2) is 32.5 Å². The molecular formula is C13H17N3O6. The summed E-state index contributed by atoms with van der Waals surface area (Å²) in [6.07, 6.45) is 1.49. The van der Waals surface area contributed by atoms with Crippen LogP contribution in [0.1, 0.15) is 20.3 Å². The first-order valence-electron chi connectivity index (χ1n) is 6.63. The number of carboxylic acid groups (broad SMARTS) is 1. The normalized spacial score (nSPS) is 13.2. The summed E-state index contributed by atoms with van der Waals surface area (Å²) in [6, 6.07) is 0.942. The monoisotopic (exact) mass is 311 g/mol. The minimum Gasteiger partial charge on any atom is -0.480 e. The number of amides is 1. The highest BCUT2D eigenvalue weighted by Gasteiger charge is 2.25. The van der Waals surface area contributed by atoms with Crippen LogP contribution >= 0.6 is 0 Å². The molecule has 1 aromatic rings. The quantitative estimate of drug-likeness (QED) is 0.552. The number of hydrogen-bond acceptors (Lipinski definition) is 5. The topological polar surface area (TPSA) is 132 Å². The predicted octanol–water partition coefficient (Wildman–Crippen LogP) is 0.372. The second-order valence-corrected chi connectivity index (χ2v) is 4.88. The van der Waals surface area contributed by atoms with Crippen LogP contribution in [0.3, 0.4) is 0 Å². The Bertz CT molecular complexity index is 639. The predicted molar refractivity (Wildman–Crippen MR) is 76.4 cm³/mol. The Morgan fingerprint density at radius 1 is 1.45 bits per heavy atom. The van der Waals surface area contributed by atoms with Gasteiger partial charge in [0.25, 0.3) is 11.2 Å². The van der Waals surface area contributed by atoms with E-state index in [0.717, 1.165) is 22.9 Å². The Balaban J connectivity index is 2.88. The number of aliphatic carboxylic acids is 1. The zero-order valence-electron chi connectivity index (χ0n) is 12.2. The Kier molecular flexibility index (Phi) is 5.79. The van der Waals surface area contributed by atoms with Crippen molar-refractivity contribution in [1.29, 1.82) is 0 Å². The molecule has 0 aliphatic carbocycles. The average molecular weight is 311 g/mol. The van der Waals surface area contributed by atoms with Gasteiger partial charge in [-0.3, -0.25) is 24.3 Å². The van der Waals surface area contributed by atoms with Gasteiger partial charge in [-0.2, -0.15) is 0 Å². The molecule has 22 heavy (non-hydrogen) atoms. The van der Waals surface area contributed by atoms with Gasteiger partial charge in [-0.05, 0) is 5.92 Å². The van der Waals surface area contributed by atoms with Gasteiger partial charge < -0.3 is 10.4 Å². The summed E-state index contributed by atoms with van der Waals surface area (Å²) in [7, 11) is 0. The van der Waals surface area contributed by atoms with Crippen molar-refractivity contribution in [3.05, 3.63) is 38.8 Å². The van der Waals surface area contributed by atoms with E-state index in [0.29, 0.717) is 6.42 Å². The smallest absolute Gasteiger partial charge is 0.326 e. The van der Waals surface area contributed by atoms with Crippen LogP contribution in [0.2, 0.25) is 0 Å². The Morgan fingerprint density at radius 3 is 2.59 bits per heavy atom. The van der Waals surface area contributed by atoms with E-state index in [2.05, 4.69) is 5.32 Å². The standard InChI is InChI=1S/C13H17N3O6/c1-3-8(2)12(13(19)20)14-10(17)7-15-6-9(16(21)22)4-5-11(15)18/h4-6,8,12H,3,7H2,1-2H3,(H,14,17)(H,19,20)/t8-,12-/m0/s1. The number of nitro groups is 1. The first-order valence-corrected chi connectivity index (χ1v) is 6.63. The minimum absolute atomic E-state index is 0.289. The van der Waals surface area contributed by atoms with Crippen LogP contribution in [0.5, 0.6) is 0 Å². The Hall–Kier alpha value is -2.71. The van der Waals surface area contributed by atoms with E-state index in [1.165, 1.54) is 0 Å². The summed E-state index contributed by atoms with van der Waals surface area (Å²) >= 11 is 0. The maximum Gasteiger partial charge on any atom is 0.326 e. The van der Waals surface area contributed by atoms with E-state index < -0.39 is 34.9 Å². The second-order valence-electron chi connectivity index (χ2n) is 4.88. The molecule has 1 heterocycles. The van der Waals surface area contributed by atoms with Crippen LogP contribution in [0.4, 0.5) is 5.69 Å². The van der Waals surface area contributed by atoms with E-state index in [1.54, 1.807) is 13.8 Å². The number of hydrogen-bond donors (Lipinski definition) is 2. The number of rotatable bonds is 7. The van der Waals surface area contributed by atoms with Gasteiger partial charge in [0.05, 0.1) is 11.1 Å². The number of nitrogens with one attached hydrogen (secondary N) is 1. The van der Waals surface area contributed by atoms with Gasteiger partial charge in [0.1, 0.15) is 12.6 Å². The summed E-state index contributed by atoms with van der Waals surface area (Å²) in [5.41, 5.74) is -0.916. The van der Waals surface area contributed by atoms with E-state index in [9.17, 15) is 24.5 Å². The fourth-order valence-electron chi connectivity index (χ4n) is 1.81. The van der Waals surface area contributed by atoms with Gasteiger partial charge in [-0.25, -0.2) is 4.79 Å². The highest BCUT2D eigenvalue weighted by atomic mass is 16.6. The number of carboxylic acids is 1. The minimum atomic E-state index is -1.17. The zero-order chi connectivity index (χ0) is 16.9. The first-order chi connectivity index (χ1) is 10.3. The molecule has 2 N–H and O–H groups in total. The largest absolute Gasteiger partial charge is 0.480 e. The van der Waals surface area contributed by atoms with Crippen LogP contribution in [0, 0.1) is 16.0 Å². The number of carbonyl (C=O) groups is 2. The lowest BCUT2D eigenvalue weighted by atomic mass is 9.99. The van der Waals surface area contributed by atoms with E-state index in [1.807, 2.05) is 0 Å². The molecule has 2 atom stereocenters. The molecule has 120 valence electrons. The fourth-order valence-corrected chi connectivity index (χ4v) is 1.81. The molecule has 0 saturated carbocycles. The zero-order valence-corrected chi connectivity index (χ0v) is 12.2. The highest BCUT2D eigenvalue weighted by molar-refractivity contribution is 5.83. The molecule has 1 rings (SSSR count). The molecule has 0 saturated heterocycles. The van der Waals surface area contributed by atoms with Crippen molar-refractivity contribution in [3.8, 4) is 0 Å². The molecule has 0 spiro atoms. The third-order valence-corrected chi connectivity index (χ3v) is 3.29. The lowest BCUT2D eigenvalue weighted by molar-refractivity contribution is -0.385. The molecule has 0 fully saturated rings. The van der Waals surface area contributed by atoms with Crippen molar-refractivity contribution in [1.82, 2.24) is 9.88 Å². The van der Waals surface area contributed by atoms with E-state index in [-0.39, 0.29) is 11.6 Å². The summed E-state index contributed by atoms with van der Waals surface area (Å²) in [6.45, 7) is 2.98. The third kappa shape index (κ3) is 4.40. The number of carbonyl (C=O) groups excluding carboxylic acids is 1. The lowest BCUT2D eigenvalue weighted by Crippen LogP contribution is -2.46. The molecular weight excluding hydrogens is 294 g/mol. The first kappa shape index (κ1) is 17.3. The van der Waals surface area contributed by atoms with Crippen molar-refractivity contribution >= 4 is 17.6 Å². The average Bonchev–Trinajstić information content (AvgIpc) is 2.45. The van der Waals surface area contributed by atoms with Gasteiger partial charge >= 0.3 is 5.97 Å². The van der Waals surface area contributed by atoms with Gasteiger partial charge in [-0.1, -0.05) is 20.3 Å². The molecule has 0 aromatic carbocycles. The van der Waals surface area contributed by atoms with Gasteiger partial charge in [0, 0.05) is 12.1 Å².